The zero-order valence-electron chi connectivity index (χ0n) is 7.41. The highest BCUT2D eigenvalue weighted by Crippen LogP contribution is 2.24. The van der Waals surface area contributed by atoms with Crippen molar-refractivity contribution in [2.24, 2.45) is 0 Å². The van der Waals surface area contributed by atoms with E-state index in [4.69, 9.17) is 0 Å². The minimum Gasteiger partial charge on any atom is -0.379 e. The summed E-state index contributed by atoms with van der Waals surface area (Å²) in [7, 11) is 0. The quantitative estimate of drug-likeness (QED) is 0.525. The largest absolute Gasteiger partial charge is 0.379 e. The van der Waals surface area contributed by atoms with Gasteiger partial charge in [0.25, 0.3) is 12.1 Å². The molecular formula is C8H7F2IN2O2. The van der Waals surface area contributed by atoms with Gasteiger partial charge in [0.05, 0.1) is 15.0 Å². The van der Waals surface area contributed by atoms with Gasteiger partial charge in [-0.25, -0.2) is 8.78 Å². The van der Waals surface area contributed by atoms with Crippen LogP contribution in [0.2, 0.25) is 0 Å². The third-order valence-electron chi connectivity index (χ3n) is 1.60. The number of hydrogen-bond acceptors (Lipinski definition) is 3. The van der Waals surface area contributed by atoms with Gasteiger partial charge < -0.3 is 5.32 Å². The molecule has 15 heavy (non-hydrogen) atoms. The van der Waals surface area contributed by atoms with Crippen LogP contribution >= 0.6 is 22.6 Å². The molecule has 0 amide bonds. The third-order valence-corrected chi connectivity index (χ3v) is 2.47. The number of halogens is 3. The standard InChI is InChI=1S/C8H7F2IN2O2/c9-8(10)4-12-5-1-2-7(13(14)15)6(11)3-5/h1-3,8,12H,4H2. The molecule has 0 aliphatic rings. The van der Waals surface area contributed by atoms with Crippen molar-refractivity contribution in [2.75, 3.05) is 11.9 Å². The van der Waals surface area contributed by atoms with E-state index in [1.807, 2.05) is 0 Å². The molecule has 0 aromatic heterocycles. The van der Waals surface area contributed by atoms with E-state index >= 15 is 0 Å². The first kappa shape index (κ1) is 12.1. The Morgan fingerprint density at radius 3 is 2.67 bits per heavy atom. The van der Waals surface area contributed by atoms with Crippen molar-refractivity contribution < 1.29 is 13.7 Å². The Bertz CT molecular complexity index is 374. The molecule has 7 heteroatoms. The third kappa shape index (κ3) is 3.57. The van der Waals surface area contributed by atoms with Crippen molar-refractivity contribution in [3.8, 4) is 0 Å². The fraction of sp³-hybridized carbons (Fsp3) is 0.250. The summed E-state index contributed by atoms with van der Waals surface area (Å²) in [5, 5.41) is 12.9. The van der Waals surface area contributed by atoms with Crippen LogP contribution < -0.4 is 5.32 Å². The first-order valence-corrected chi connectivity index (χ1v) is 5.04. The number of nitro benzene ring substituents is 1. The number of alkyl halides is 2. The lowest BCUT2D eigenvalue weighted by Gasteiger charge is -2.05. The van der Waals surface area contributed by atoms with Crippen molar-refractivity contribution in [2.45, 2.75) is 6.43 Å². The van der Waals surface area contributed by atoms with Crippen LogP contribution in [-0.2, 0) is 0 Å². The molecule has 0 radical (unpaired) electrons. The van der Waals surface area contributed by atoms with Gasteiger partial charge in [-0.1, -0.05) is 0 Å². The van der Waals surface area contributed by atoms with Crippen LogP contribution in [0.4, 0.5) is 20.2 Å². The van der Waals surface area contributed by atoms with Gasteiger partial charge in [0.15, 0.2) is 0 Å². The summed E-state index contributed by atoms with van der Waals surface area (Å²) in [6.07, 6.45) is -2.45. The second-order valence-electron chi connectivity index (χ2n) is 2.70. The molecule has 0 bridgehead atoms. The van der Waals surface area contributed by atoms with Crippen molar-refractivity contribution in [1.82, 2.24) is 0 Å². The van der Waals surface area contributed by atoms with Crippen LogP contribution in [0.15, 0.2) is 18.2 Å². The van der Waals surface area contributed by atoms with Crippen LogP contribution in [0.5, 0.6) is 0 Å². The van der Waals surface area contributed by atoms with Crippen LogP contribution in [-0.4, -0.2) is 17.9 Å². The van der Waals surface area contributed by atoms with Gasteiger partial charge in [0.1, 0.15) is 0 Å². The van der Waals surface area contributed by atoms with Crippen molar-refractivity contribution in [1.29, 1.82) is 0 Å². The van der Waals surface area contributed by atoms with Gasteiger partial charge >= 0.3 is 0 Å². The van der Waals surface area contributed by atoms with E-state index in [-0.39, 0.29) is 5.69 Å². The van der Waals surface area contributed by atoms with Crippen LogP contribution in [0.25, 0.3) is 0 Å². The van der Waals surface area contributed by atoms with E-state index in [2.05, 4.69) is 5.32 Å². The predicted octanol–water partition coefficient (Wildman–Crippen LogP) is 2.88. The molecule has 0 unspecified atom stereocenters. The molecule has 0 aliphatic carbocycles. The Morgan fingerprint density at radius 2 is 2.20 bits per heavy atom. The molecule has 82 valence electrons. The maximum absolute atomic E-state index is 11.9. The maximum atomic E-state index is 11.9. The fourth-order valence-corrected chi connectivity index (χ4v) is 1.67. The number of benzene rings is 1. The van der Waals surface area contributed by atoms with Gasteiger partial charge in [-0.15, -0.1) is 0 Å². The summed E-state index contributed by atoms with van der Waals surface area (Å²) >= 11 is 1.79. The molecule has 0 fully saturated rings. The second kappa shape index (κ2) is 5.19. The Labute approximate surface area is 98.0 Å². The maximum Gasteiger partial charge on any atom is 0.282 e. The molecule has 4 nitrogen and oxygen atoms in total. The van der Waals surface area contributed by atoms with Crippen LogP contribution in [0.1, 0.15) is 0 Å². The topological polar surface area (TPSA) is 55.2 Å². The molecule has 0 saturated heterocycles. The zero-order valence-corrected chi connectivity index (χ0v) is 9.57. The lowest BCUT2D eigenvalue weighted by Crippen LogP contribution is -2.10. The molecule has 1 aromatic carbocycles. The fourth-order valence-electron chi connectivity index (χ4n) is 0.960. The minimum absolute atomic E-state index is 0.0294. The summed E-state index contributed by atoms with van der Waals surface area (Å²) in [5.41, 5.74) is 0.420. The highest BCUT2D eigenvalue weighted by molar-refractivity contribution is 14.1. The number of nitrogens with one attached hydrogen (secondary N) is 1. The van der Waals surface area contributed by atoms with Crippen LogP contribution in [0, 0.1) is 13.7 Å². The SMILES string of the molecule is O=[N+]([O-])c1ccc(NCC(F)F)cc1I. The Hall–Kier alpha value is -0.990. The van der Waals surface area contributed by atoms with Gasteiger partial charge in [-0.2, -0.15) is 0 Å². The van der Waals surface area contributed by atoms with Gasteiger partial charge in [-0.3, -0.25) is 10.1 Å². The summed E-state index contributed by atoms with van der Waals surface area (Å²) < 4.78 is 24.1. The number of rotatable bonds is 4. The first-order valence-electron chi connectivity index (χ1n) is 3.96. The van der Waals surface area contributed by atoms with E-state index in [9.17, 15) is 18.9 Å². The van der Waals surface area contributed by atoms with Crippen molar-refractivity contribution >= 4 is 34.0 Å². The Kier molecular flexibility index (Phi) is 4.18. The average molecular weight is 328 g/mol. The molecule has 1 N–H and O–H groups in total. The smallest absolute Gasteiger partial charge is 0.282 e. The molecule has 1 rings (SSSR count). The van der Waals surface area contributed by atoms with Gasteiger partial charge in [-0.05, 0) is 34.7 Å². The Morgan fingerprint density at radius 1 is 1.53 bits per heavy atom. The lowest BCUT2D eigenvalue weighted by molar-refractivity contribution is -0.385. The summed E-state index contributed by atoms with van der Waals surface area (Å²) in [6, 6.07) is 4.15. The highest BCUT2D eigenvalue weighted by atomic mass is 127. The van der Waals surface area contributed by atoms with E-state index in [0.29, 0.717) is 9.26 Å². The van der Waals surface area contributed by atoms with Crippen LogP contribution in [0.3, 0.4) is 0 Å². The van der Waals surface area contributed by atoms with E-state index in [1.165, 1.54) is 18.2 Å². The van der Waals surface area contributed by atoms with Crippen molar-refractivity contribution in [3.05, 3.63) is 31.9 Å². The molecule has 0 heterocycles. The van der Waals surface area contributed by atoms with Gasteiger partial charge in [0.2, 0.25) is 0 Å². The van der Waals surface area contributed by atoms with E-state index in [0.717, 1.165) is 0 Å². The number of anilines is 1. The molecule has 0 saturated carbocycles. The first-order chi connectivity index (χ1) is 7.00. The molecule has 0 aliphatic heterocycles. The van der Waals surface area contributed by atoms with Crippen molar-refractivity contribution in [3.63, 3.8) is 0 Å². The van der Waals surface area contributed by atoms with E-state index in [1.54, 1.807) is 22.6 Å². The number of hydrogen-bond donors (Lipinski definition) is 1. The highest BCUT2D eigenvalue weighted by Gasteiger charge is 2.11. The molecule has 1 aromatic rings. The predicted molar refractivity (Wildman–Crippen MR) is 60.3 cm³/mol. The molecular weight excluding hydrogens is 321 g/mol. The summed E-state index contributed by atoms with van der Waals surface area (Å²) in [6.45, 7) is -0.464. The lowest BCUT2D eigenvalue weighted by atomic mass is 10.3. The zero-order chi connectivity index (χ0) is 11.4. The normalized spacial score (nSPS) is 10.4. The summed E-state index contributed by atoms with van der Waals surface area (Å²) in [4.78, 5) is 9.94. The number of nitro groups is 1. The average Bonchev–Trinajstić information content (AvgIpc) is 2.14. The number of nitrogens with zero attached hydrogens (tertiary/aromatic N) is 1. The molecule has 0 atom stereocenters. The van der Waals surface area contributed by atoms with E-state index < -0.39 is 17.9 Å². The minimum atomic E-state index is -2.45. The summed E-state index contributed by atoms with van der Waals surface area (Å²) in [5.74, 6) is 0. The monoisotopic (exact) mass is 328 g/mol. The second-order valence-corrected chi connectivity index (χ2v) is 3.86. The molecule has 0 spiro atoms. The Balaban J connectivity index is 2.78. The van der Waals surface area contributed by atoms with Gasteiger partial charge in [0, 0.05) is 11.8 Å².